The van der Waals surface area contributed by atoms with Crippen LogP contribution in [0.5, 0.6) is 0 Å². The second kappa shape index (κ2) is 5.87. The van der Waals surface area contributed by atoms with E-state index in [-0.39, 0.29) is 6.42 Å². The lowest BCUT2D eigenvalue weighted by Gasteiger charge is -2.20. The van der Waals surface area contributed by atoms with Crippen LogP contribution in [0.3, 0.4) is 0 Å². The van der Waals surface area contributed by atoms with Crippen molar-refractivity contribution in [3.8, 4) is 0 Å². The molecule has 1 rings (SSSR count). The third-order valence-corrected chi connectivity index (χ3v) is 2.32. The molecule has 0 atom stereocenters. The number of ether oxygens (including phenoxy) is 1. The number of hydrogen-bond donors (Lipinski definition) is 1. The minimum atomic E-state index is -0.576. The Morgan fingerprint density at radius 1 is 1.44 bits per heavy atom. The van der Waals surface area contributed by atoms with Crippen molar-refractivity contribution < 1.29 is 14.3 Å². The predicted octanol–water partition coefficient (Wildman–Crippen LogP) is 3.43. The lowest BCUT2D eigenvalue weighted by molar-refractivity contribution is -0.107. The molecule has 1 amide bonds. The minimum absolute atomic E-state index is 0.278. The van der Waals surface area contributed by atoms with E-state index in [1.54, 1.807) is 39.0 Å². The minimum Gasteiger partial charge on any atom is -0.444 e. The zero-order chi connectivity index (χ0) is 13.8. The van der Waals surface area contributed by atoms with Crippen molar-refractivity contribution in [2.75, 3.05) is 5.32 Å². The van der Waals surface area contributed by atoms with Gasteiger partial charge in [0.1, 0.15) is 11.9 Å². The molecule has 0 aliphatic heterocycles. The second-order valence-electron chi connectivity index (χ2n) is 4.81. The Hall–Kier alpha value is -1.55. The molecule has 0 aromatic heterocycles. The Balaban J connectivity index is 2.80. The van der Waals surface area contributed by atoms with Gasteiger partial charge in [-0.25, -0.2) is 4.79 Å². The van der Waals surface area contributed by atoms with Crippen molar-refractivity contribution in [1.82, 2.24) is 0 Å². The number of hydrogen-bond acceptors (Lipinski definition) is 3. The first-order chi connectivity index (χ1) is 8.31. The molecule has 5 heteroatoms. The first-order valence-electron chi connectivity index (χ1n) is 5.54. The van der Waals surface area contributed by atoms with E-state index in [1.165, 1.54) is 0 Å². The molecule has 0 saturated carbocycles. The Morgan fingerprint density at radius 2 is 2.11 bits per heavy atom. The monoisotopic (exact) mass is 269 g/mol. The van der Waals surface area contributed by atoms with Crippen LogP contribution in [0.4, 0.5) is 10.5 Å². The number of rotatable bonds is 3. The van der Waals surface area contributed by atoms with Crippen molar-refractivity contribution in [2.45, 2.75) is 32.8 Å². The van der Waals surface area contributed by atoms with Gasteiger partial charge >= 0.3 is 6.09 Å². The predicted molar refractivity (Wildman–Crippen MR) is 71.1 cm³/mol. The molecular formula is C13H16ClNO3. The molecule has 0 bridgehead atoms. The molecule has 0 unspecified atom stereocenters. The summed E-state index contributed by atoms with van der Waals surface area (Å²) in [5.74, 6) is 0. The molecule has 0 spiro atoms. The fourth-order valence-corrected chi connectivity index (χ4v) is 1.47. The highest BCUT2D eigenvalue weighted by atomic mass is 35.5. The molecule has 1 N–H and O–H groups in total. The average molecular weight is 270 g/mol. The van der Waals surface area contributed by atoms with Crippen molar-refractivity contribution in [2.24, 2.45) is 0 Å². The van der Waals surface area contributed by atoms with Crippen molar-refractivity contribution in [3.63, 3.8) is 0 Å². The summed E-state index contributed by atoms with van der Waals surface area (Å²) in [5, 5.41) is 2.96. The van der Waals surface area contributed by atoms with E-state index in [9.17, 15) is 9.59 Å². The largest absolute Gasteiger partial charge is 0.444 e. The maximum absolute atomic E-state index is 11.6. The molecule has 0 fully saturated rings. The van der Waals surface area contributed by atoms with E-state index in [4.69, 9.17) is 16.3 Å². The fraction of sp³-hybridized carbons (Fsp3) is 0.385. The first-order valence-corrected chi connectivity index (χ1v) is 5.91. The topological polar surface area (TPSA) is 55.4 Å². The van der Waals surface area contributed by atoms with Gasteiger partial charge in [-0.3, -0.25) is 5.32 Å². The van der Waals surface area contributed by atoms with Crippen LogP contribution in [0.25, 0.3) is 0 Å². The van der Waals surface area contributed by atoms with Crippen LogP contribution in [0, 0.1) is 0 Å². The summed E-state index contributed by atoms with van der Waals surface area (Å²) in [6.07, 6.45) is 0.494. The van der Waals surface area contributed by atoms with Gasteiger partial charge in [0.25, 0.3) is 0 Å². The second-order valence-corrected chi connectivity index (χ2v) is 5.22. The number of amides is 1. The van der Waals surface area contributed by atoms with Gasteiger partial charge in [-0.2, -0.15) is 0 Å². The summed E-state index contributed by atoms with van der Waals surface area (Å²) in [5.41, 5.74) is 0.641. The highest BCUT2D eigenvalue weighted by molar-refractivity contribution is 6.33. The van der Waals surface area contributed by atoms with Gasteiger partial charge in [-0.15, -0.1) is 0 Å². The Morgan fingerprint density at radius 3 is 2.67 bits per heavy atom. The lowest BCUT2D eigenvalue weighted by atomic mass is 10.1. The molecule has 0 aliphatic carbocycles. The molecular weight excluding hydrogens is 254 g/mol. The SMILES string of the molecule is CC(C)(C)OC(=O)Nc1cc(CC=O)ccc1Cl. The van der Waals surface area contributed by atoms with Crippen LogP contribution in [0.1, 0.15) is 26.3 Å². The highest BCUT2D eigenvalue weighted by Gasteiger charge is 2.17. The third kappa shape index (κ3) is 4.75. The molecule has 4 nitrogen and oxygen atoms in total. The normalized spacial score (nSPS) is 10.9. The van der Waals surface area contributed by atoms with Gasteiger partial charge in [-0.05, 0) is 38.5 Å². The summed E-state index contributed by atoms with van der Waals surface area (Å²) < 4.78 is 5.12. The Labute approximate surface area is 111 Å². The number of aldehydes is 1. The zero-order valence-corrected chi connectivity index (χ0v) is 11.4. The standard InChI is InChI=1S/C13H16ClNO3/c1-13(2,3)18-12(17)15-11-8-9(6-7-16)4-5-10(11)14/h4-5,7-8H,6H2,1-3H3,(H,15,17). The summed E-state index contributed by atoms with van der Waals surface area (Å²) >= 11 is 5.95. The molecule has 0 aliphatic rings. The van der Waals surface area contributed by atoms with Crippen molar-refractivity contribution in [1.29, 1.82) is 0 Å². The van der Waals surface area contributed by atoms with Crippen LogP contribution in [-0.2, 0) is 16.0 Å². The molecule has 0 heterocycles. The van der Waals surface area contributed by atoms with Crippen LogP contribution in [-0.4, -0.2) is 18.0 Å². The molecule has 98 valence electrons. The molecule has 0 saturated heterocycles. The van der Waals surface area contributed by atoms with Crippen molar-refractivity contribution >= 4 is 29.7 Å². The van der Waals surface area contributed by atoms with Gasteiger partial charge in [0, 0.05) is 6.42 Å². The smallest absolute Gasteiger partial charge is 0.412 e. The maximum atomic E-state index is 11.6. The first kappa shape index (κ1) is 14.5. The summed E-state index contributed by atoms with van der Waals surface area (Å²) in [6.45, 7) is 5.32. The summed E-state index contributed by atoms with van der Waals surface area (Å²) in [6, 6.07) is 5.02. The number of carbonyl (C=O) groups is 2. The Kier molecular flexibility index (Phi) is 4.73. The third-order valence-electron chi connectivity index (χ3n) is 1.99. The van der Waals surface area contributed by atoms with Gasteiger partial charge in [0.15, 0.2) is 0 Å². The van der Waals surface area contributed by atoms with E-state index in [0.717, 1.165) is 11.8 Å². The maximum Gasteiger partial charge on any atom is 0.412 e. The molecule has 1 aromatic rings. The molecule has 1 aromatic carbocycles. The number of anilines is 1. The van der Waals surface area contributed by atoms with Crippen LogP contribution in [0.15, 0.2) is 18.2 Å². The number of carbonyl (C=O) groups excluding carboxylic acids is 2. The van der Waals surface area contributed by atoms with Gasteiger partial charge in [-0.1, -0.05) is 17.7 Å². The zero-order valence-electron chi connectivity index (χ0n) is 10.6. The lowest BCUT2D eigenvalue weighted by Crippen LogP contribution is -2.27. The number of nitrogens with one attached hydrogen (secondary N) is 1. The average Bonchev–Trinajstić information content (AvgIpc) is 2.20. The Bertz CT molecular complexity index is 452. The van der Waals surface area contributed by atoms with Gasteiger partial charge in [0.05, 0.1) is 10.7 Å². The number of halogens is 1. The van der Waals surface area contributed by atoms with Gasteiger partial charge in [0.2, 0.25) is 0 Å². The highest BCUT2D eigenvalue weighted by Crippen LogP contribution is 2.23. The quantitative estimate of drug-likeness (QED) is 0.856. The van der Waals surface area contributed by atoms with E-state index in [0.29, 0.717) is 10.7 Å². The van der Waals surface area contributed by atoms with E-state index >= 15 is 0 Å². The molecule has 18 heavy (non-hydrogen) atoms. The summed E-state index contributed by atoms with van der Waals surface area (Å²) in [7, 11) is 0. The van der Waals surface area contributed by atoms with Crippen molar-refractivity contribution in [3.05, 3.63) is 28.8 Å². The van der Waals surface area contributed by atoms with E-state index in [2.05, 4.69) is 5.32 Å². The van der Waals surface area contributed by atoms with E-state index < -0.39 is 11.7 Å². The van der Waals surface area contributed by atoms with Crippen LogP contribution >= 0.6 is 11.6 Å². The van der Waals surface area contributed by atoms with E-state index in [1.807, 2.05) is 0 Å². The van der Waals surface area contributed by atoms with Crippen LogP contribution in [0.2, 0.25) is 5.02 Å². The number of benzene rings is 1. The molecule has 0 radical (unpaired) electrons. The van der Waals surface area contributed by atoms with Gasteiger partial charge < -0.3 is 9.53 Å². The fourth-order valence-electron chi connectivity index (χ4n) is 1.30. The van der Waals surface area contributed by atoms with Crippen LogP contribution < -0.4 is 5.32 Å². The summed E-state index contributed by atoms with van der Waals surface area (Å²) in [4.78, 5) is 22.0.